The van der Waals surface area contributed by atoms with E-state index in [4.69, 9.17) is 5.73 Å². The fourth-order valence-corrected chi connectivity index (χ4v) is 8.26. The average molecular weight is 509 g/mol. The number of sulfone groups is 1. The van der Waals surface area contributed by atoms with Crippen molar-refractivity contribution in [3.05, 3.63) is 137 Å². The number of nitrogens with two attached hydrogens (primary N) is 1. The van der Waals surface area contributed by atoms with Crippen LogP contribution in [-0.4, -0.2) is 25.8 Å². The highest BCUT2D eigenvalue weighted by molar-refractivity contribution is 7.92. The molecule has 0 aromatic heterocycles. The Morgan fingerprint density at radius 2 is 1.49 bits per heavy atom. The maximum absolute atomic E-state index is 13.5. The lowest BCUT2D eigenvalue weighted by Gasteiger charge is -2.32. The number of nitrogens with one attached hydrogen (secondary N) is 1. The molecule has 1 saturated carbocycles. The molecule has 4 nitrogen and oxygen atoms in total. The van der Waals surface area contributed by atoms with E-state index < -0.39 is 26.2 Å². The third-order valence-corrected chi connectivity index (χ3v) is 10.5. The highest BCUT2D eigenvalue weighted by Gasteiger charge is 2.61. The SMILES string of the molecule is Cc1cccc(S(=O)(=O)C2CC23Cc2ccc(C(N)(c4ccccc4)c4ccccc4)cc2CCN3)c1. The fraction of sp³-hybridized carbons (Fsp3) is 0.250. The van der Waals surface area contributed by atoms with E-state index in [1.54, 1.807) is 12.1 Å². The minimum absolute atomic E-state index is 0.408. The van der Waals surface area contributed by atoms with Gasteiger partial charge < -0.3 is 11.1 Å². The number of hydrogen-bond acceptors (Lipinski definition) is 4. The first-order valence-corrected chi connectivity index (χ1v) is 14.5. The Morgan fingerprint density at radius 3 is 2.14 bits per heavy atom. The van der Waals surface area contributed by atoms with E-state index in [0.717, 1.165) is 35.2 Å². The van der Waals surface area contributed by atoms with Gasteiger partial charge in [0.2, 0.25) is 0 Å². The standard InChI is InChI=1S/C32H32N2O2S/c1-23-9-8-14-29(19-23)37(35,36)30-22-31(30)21-25-15-16-28(20-24(25)17-18-34-31)32(33,26-10-4-2-5-11-26)27-12-6-3-7-13-27/h2-16,19-20,30,34H,17-18,21-22,33H2,1H3. The van der Waals surface area contributed by atoms with Gasteiger partial charge in [0.1, 0.15) is 0 Å². The lowest BCUT2D eigenvalue weighted by Crippen LogP contribution is -2.39. The molecule has 4 aromatic carbocycles. The molecular weight excluding hydrogens is 476 g/mol. The first-order chi connectivity index (χ1) is 17.8. The maximum Gasteiger partial charge on any atom is 0.183 e. The summed E-state index contributed by atoms with van der Waals surface area (Å²) in [7, 11) is -3.40. The van der Waals surface area contributed by atoms with Gasteiger partial charge >= 0.3 is 0 Å². The predicted octanol–water partition coefficient (Wildman–Crippen LogP) is 4.92. The molecule has 0 amide bonds. The number of hydrogen-bond donors (Lipinski definition) is 2. The van der Waals surface area contributed by atoms with E-state index in [-0.39, 0.29) is 0 Å². The Morgan fingerprint density at radius 1 is 0.811 bits per heavy atom. The van der Waals surface area contributed by atoms with Gasteiger partial charge in [-0.25, -0.2) is 8.42 Å². The molecule has 2 unspecified atom stereocenters. The summed E-state index contributed by atoms with van der Waals surface area (Å²) in [5, 5.41) is 3.22. The minimum atomic E-state index is -3.40. The Kier molecular flexibility index (Phi) is 5.83. The zero-order valence-corrected chi connectivity index (χ0v) is 21.8. The normalized spacial score (nSPS) is 21.3. The Labute approximate surface area is 219 Å². The largest absolute Gasteiger partial charge is 0.314 e. The second kappa shape index (κ2) is 8.95. The van der Waals surface area contributed by atoms with E-state index in [9.17, 15) is 8.42 Å². The molecule has 5 heteroatoms. The summed E-state index contributed by atoms with van der Waals surface area (Å²) >= 11 is 0. The van der Waals surface area contributed by atoms with Crippen LogP contribution in [0.25, 0.3) is 0 Å². The van der Waals surface area contributed by atoms with Crippen LogP contribution in [0.3, 0.4) is 0 Å². The summed E-state index contributed by atoms with van der Waals surface area (Å²) in [6, 6.07) is 34.3. The zero-order chi connectivity index (χ0) is 25.7. The molecule has 2 aliphatic rings. The lowest BCUT2D eigenvalue weighted by molar-refractivity contribution is 0.508. The monoisotopic (exact) mass is 508 g/mol. The molecule has 1 aliphatic carbocycles. The van der Waals surface area contributed by atoms with Gasteiger partial charge in [-0.2, -0.15) is 0 Å². The molecule has 1 spiro atoms. The molecule has 4 aromatic rings. The molecule has 0 saturated heterocycles. The smallest absolute Gasteiger partial charge is 0.183 e. The van der Waals surface area contributed by atoms with E-state index in [1.807, 2.05) is 55.5 Å². The van der Waals surface area contributed by atoms with Crippen molar-refractivity contribution in [3.63, 3.8) is 0 Å². The highest BCUT2D eigenvalue weighted by Crippen LogP contribution is 2.48. The molecule has 1 fully saturated rings. The van der Waals surface area contributed by atoms with Gasteiger partial charge in [-0.15, -0.1) is 0 Å². The number of fused-ring (bicyclic) bond motifs is 1. The van der Waals surface area contributed by atoms with Gasteiger partial charge in [0.15, 0.2) is 9.84 Å². The van der Waals surface area contributed by atoms with Gasteiger partial charge in [0, 0.05) is 5.54 Å². The van der Waals surface area contributed by atoms with Gasteiger partial charge in [-0.3, -0.25) is 0 Å². The molecule has 188 valence electrons. The molecular formula is C32H32N2O2S. The van der Waals surface area contributed by atoms with Gasteiger partial charge in [-0.05, 0) is 78.2 Å². The van der Waals surface area contributed by atoms with Gasteiger partial charge in [0.25, 0.3) is 0 Å². The van der Waals surface area contributed by atoms with E-state index >= 15 is 0 Å². The average Bonchev–Trinajstić information content (AvgIpc) is 3.68. The van der Waals surface area contributed by atoms with Crippen LogP contribution in [0.1, 0.15) is 39.8 Å². The third-order valence-electron chi connectivity index (χ3n) is 8.20. The Hall–Kier alpha value is -3.25. The van der Waals surface area contributed by atoms with E-state index in [0.29, 0.717) is 17.7 Å². The fourth-order valence-electron chi connectivity index (χ4n) is 6.03. The summed E-state index contributed by atoms with van der Waals surface area (Å²) < 4.78 is 27.0. The summed E-state index contributed by atoms with van der Waals surface area (Å²) in [4.78, 5) is 0.426. The number of benzene rings is 4. The van der Waals surface area contributed by atoms with Crippen molar-refractivity contribution in [2.24, 2.45) is 5.73 Å². The van der Waals surface area contributed by atoms with Crippen LogP contribution in [0.4, 0.5) is 0 Å². The maximum atomic E-state index is 13.5. The summed E-state index contributed by atoms with van der Waals surface area (Å²) in [5.41, 5.74) is 12.6. The summed E-state index contributed by atoms with van der Waals surface area (Å²) in [6.45, 7) is 2.67. The second-order valence-corrected chi connectivity index (χ2v) is 12.7. The summed E-state index contributed by atoms with van der Waals surface area (Å²) in [6.07, 6.45) is 2.17. The van der Waals surface area contributed by atoms with Crippen LogP contribution in [0.2, 0.25) is 0 Å². The first kappa shape index (κ1) is 24.1. The second-order valence-electron chi connectivity index (χ2n) is 10.6. The Bertz CT molecular complexity index is 1510. The van der Waals surface area contributed by atoms with Crippen LogP contribution < -0.4 is 11.1 Å². The van der Waals surface area contributed by atoms with Gasteiger partial charge in [0.05, 0.1) is 15.7 Å². The van der Waals surface area contributed by atoms with Crippen LogP contribution in [0.15, 0.2) is 108 Å². The number of rotatable bonds is 5. The molecule has 0 radical (unpaired) electrons. The van der Waals surface area contributed by atoms with Crippen molar-refractivity contribution in [2.75, 3.05) is 6.54 Å². The Balaban J connectivity index is 1.35. The molecule has 0 bridgehead atoms. The van der Waals surface area contributed by atoms with Crippen molar-refractivity contribution >= 4 is 9.84 Å². The molecule has 1 heterocycles. The van der Waals surface area contributed by atoms with Crippen molar-refractivity contribution < 1.29 is 8.42 Å². The van der Waals surface area contributed by atoms with E-state index in [2.05, 4.69) is 47.8 Å². The third kappa shape index (κ3) is 4.11. The van der Waals surface area contributed by atoms with Crippen LogP contribution in [0, 0.1) is 6.92 Å². The molecule has 1 aliphatic heterocycles. The number of aryl methyl sites for hydroxylation is 1. The van der Waals surface area contributed by atoms with Crippen molar-refractivity contribution in [1.82, 2.24) is 5.32 Å². The van der Waals surface area contributed by atoms with Crippen LogP contribution >= 0.6 is 0 Å². The zero-order valence-electron chi connectivity index (χ0n) is 21.0. The lowest BCUT2D eigenvalue weighted by atomic mass is 9.77. The molecule has 3 N–H and O–H groups in total. The predicted molar refractivity (Wildman–Crippen MR) is 148 cm³/mol. The summed E-state index contributed by atoms with van der Waals surface area (Å²) in [5.74, 6) is 0. The van der Waals surface area contributed by atoms with Crippen LogP contribution in [0.5, 0.6) is 0 Å². The molecule has 6 rings (SSSR count). The first-order valence-electron chi connectivity index (χ1n) is 12.9. The highest BCUT2D eigenvalue weighted by atomic mass is 32.2. The van der Waals surface area contributed by atoms with Crippen molar-refractivity contribution in [2.45, 2.75) is 47.4 Å². The van der Waals surface area contributed by atoms with Crippen molar-refractivity contribution in [1.29, 1.82) is 0 Å². The molecule has 37 heavy (non-hydrogen) atoms. The van der Waals surface area contributed by atoms with Gasteiger partial charge in [-0.1, -0.05) is 91.0 Å². The van der Waals surface area contributed by atoms with E-state index in [1.165, 1.54) is 11.1 Å². The molecule has 2 atom stereocenters. The quantitative estimate of drug-likeness (QED) is 0.376. The minimum Gasteiger partial charge on any atom is -0.314 e. The van der Waals surface area contributed by atoms with Crippen LogP contribution in [-0.2, 0) is 28.2 Å². The van der Waals surface area contributed by atoms with Crippen molar-refractivity contribution in [3.8, 4) is 0 Å². The topological polar surface area (TPSA) is 72.2 Å².